The third-order valence-corrected chi connectivity index (χ3v) is 7.55. The Morgan fingerprint density at radius 1 is 1.13 bits per heavy atom. The summed E-state index contributed by atoms with van der Waals surface area (Å²) in [4.78, 5) is 33.4. The van der Waals surface area contributed by atoms with E-state index < -0.39 is 6.04 Å². The number of aromatic amines is 1. The van der Waals surface area contributed by atoms with E-state index in [2.05, 4.69) is 46.2 Å². The van der Waals surface area contributed by atoms with E-state index in [0.717, 1.165) is 11.8 Å². The molecule has 1 saturated heterocycles. The number of H-pyrrole nitrogens is 1. The summed E-state index contributed by atoms with van der Waals surface area (Å²) in [5.74, 6) is 1.80. The van der Waals surface area contributed by atoms with Gasteiger partial charge in [-0.3, -0.25) is 14.5 Å². The molecule has 1 N–H and O–H groups in total. The van der Waals surface area contributed by atoms with Gasteiger partial charge in [0.2, 0.25) is 0 Å². The van der Waals surface area contributed by atoms with E-state index in [9.17, 15) is 9.59 Å². The van der Waals surface area contributed by atoms with Crippen LogP contribution in [0.3, 0.4) is 0 Å². The van der Waals surface area contributed by atoms with Crippen molar-refractivity contribution in [1.82, 2.24) is 35.0 Å². The van der Waals surface area contributed by atoms with Gasteiger partial charge in [0.1, 0.15) is 6.04 Å². The van der Waals surface area contributed by atoms with Crippen molar-refractivity contribution in [3.63, 3.8) is 0 Å². The van der Waals surface area contributed by atoms with Crippen LogP contribution in [0.25, 0.3) is 10.9 Å². The first-order chi connectivity index (χ1) is 18.8. The number of benzene rings is 1. The molecule has 206 valence electrons. The lowest BCUT2D eigenvalue weighted by molar-refractivity contribution is 0.0554. The molecule has 1 amide bonds. The van der Waals surface area contributed by atoms with Crippen molar-refractivity contribution in [2.24, 2.45) is 0 Å². The van der Waals surface area contributed by atoms with Gasteiger partial charge in [-0.15, -0.1) is 5.10 Å². The number of nitrogens with zero attached hydrogens (tertiary/aromatic N) is 6. The lowest BCUT2D eigenvalue weighted by Gasteiger charge is -2.39. The molecule has 0 spiro atoms. The number of methoxy groups -OCH3 is 2. The van der Waals surface area contributed by atoms with E-state index in [1.165, 1.54) is 6.26 Å². The molecule has 0 radical (unpaired) electrons. The molecule has 0 aliphatic carbocycles. The lowest BCUT2D eigenvalue weighted by atomic mass is 9.98. The quantitative estimate of drug-likeness (QED) is 0.362. The van der Waals surface area contributed by atoms with Gasteiger partial charge in [0.15, 0.2) is 23.1 Å². The molecule has 0 unspecified atom stereocenters. The van der Waals surface area contributed by atoms with Crippen LogP contribution in [-0.2, 0) is 5.54 Å². The maximum Gasteiger partial charge on any atom is 0.289 e. The number of carbonyl (C=O) groups excluding carboxylic acids is 1. The molecular formula is C27H33N7O5. The molecule has 1 aliphatic rings. The number of pyridine rings is 1. The highest BCUT2D eigenvalue weighted by Gasteiger charge is 2.36. The number of fused-ring (bicyclic) bond motifs is 1. The Balaban J connectivity index is 1.57. The van der Waals surface area contributed by atoms with Crippen LogP contribution in [0.2, 0.25) is 0 Å². The second-order valence-corrected chi connectivity index (χ2v) is 10.2. The van der Waals surface area contributed by atoms with Crippen LogP contribution >= 0.6 is 0 Å². The van der Waals surface area contributed by atoms with Crippen LogP contribution in [0.15, 0.2) is 45.8 Å². The largest absolute Gasteiger partial charge is 0.493 e. The monoisotopic (exact) mass is 535 g/mol. The Labute approximate surface area is 225 Å². The van der Waals surface area contributed by atoms with E-state index in [1.54, 1.807) is 42.0 Å². The van der Waals surface area contributed by atoms with Crippen LogP contribution in [0, 0.1) is 0 Å². The van der Waals surface area contributed by atoms with Gasteiger partial charge < -0.3 is 23.8 Å². The fraction of sp³-hybridized carbons (Fsp3) is 0.444. The second kappa shape index (κ2) is 10.5. The fourth-order valence-electron chi connectivity index (χ4n) is 4.94. The van der Waals surface area contributed by atoms with Gasteiger partial charge in [-0.05, 0) is 55.0 Å². The third-order valence-electron chi connectivity index (χ3n) is 7.55. The van der Waals surface area contributed by atoms with E-state index in [4.69, 9.17) is 13.9 Å². The Hall–Kier alpha value is -4.19. The van der Waals surface area contributed by atoms with Crippen molar-refractivity contribution < 1.29 is 18.7 Å². The minimum atomic E-state index is -0.548. The number of hydrogen-bond acceptors (Lipinski definition) is 9. The number of furan rings is 1. The number of ether oxygens (including phenoxy) is 2. The van der Waals surface area contributed by atoms with E-state index >= 15 is 0 Å². The van der Waals surface area contributed by atoms with Crippen LogP contribution in [0.1, 0.15) is 55.2 Å². The van der Waals surface area contributed by atoms with Gasteiger partial charge in [-0.1, -0.05) is 6.92 Å². The minimum absolute atomic E-state index is 0.155. The predicted octanol–water partition coefficient (Wildman–Crippen LogP) is 2.82. The first-order valence-electron chi connectivity index (χ1n) is 12.9. The van der Waals surface area contributed by atoms with E-state index in [-0.39, 0.29) is 17.0 Å². The summed E-state index contributed by atoms with van der Waals surface area (Å²) in [7, 11) is 3.13. The van der Waals surface area contributed by atoms with Gasteiger partial charge in [0.25, 0.3) is 11.5 Å². The van der Waals surface area contributed by atoms with Gasteiger partial charge >= 0.3 is 0 Å². The summed E-state index contributed by atoms with van der Waals surface area (Å²) in [5, 5.41) is 13.5. The molecule has 0 saturated carbocycles. The van der Waals surface area contributed by atoms with Crippen molar-refractivity contribution in [2.45, 2.75) is 38.8 Å². The molecule has 12 nitrogen and oxygen atoms in total. The molecule has 39 heavy (non-hydrogen) atoms. The normalized spacial score (nSPS) is 15.5. The number of rotatable bonds is 8. The maximum absolute atomic E-state index is 13.6. The number of carbonyl (C=O) groups is 1. The summed E-state index contributed by atoms with van der Waals surface area (Å²) >= 11 is 0. The average Bonchev–Trinajstić information content (AvgIpc) is 3.66. The smallest absolute Gasteiger partial charge is 0.289 e. The highest BCUT2D eigenvalue weighted by molar-refractivity contribution is 5.91. The van der Waals surface area contributed by atoms with E-state index in [1.807, 2.05) is 12.1 Å². The van der Waals surface area contributed by atoms with Crippen LogP contribution in [0.4, 0.5) is 0 Å². The average molecular weight is 536 g/mol. The molecular weight excluding hydrogens is 502 g/mol. The molecule has 4 aromatic rings. The topological polar surface area (TPSA) is 132 Å². The molecule has 4 heterocycles. The zero-order chi connectivity index (χ0) is 27.7. The number of tetrazole rings is 1. The minimum Gasteiger partial charge on any atom is -0.493 e. The highest BCUT2D eigenvalue weighted by atomic mass is 16.5. The van der Waals surface area contributed by atoms with Crippen molar-refractivity contribution in [3.05, 3.63) is 64.1 Å². The predicted molar refractivity (Wildman–Crippen MR) is 143 cm³/mol. The first-order valence-corrected chi connectivity index (χ1v) is 12.9. The van der Waals surface area contributed by atoms with Crippen LogP contribution in [0.5, 0.6) is 11.5 Å². The van der Waals surface area contributed by atoms with Crippen LogP contribution in [-0.4, -0.2) is 81.3 Å². The van der Waals surface area contributed by atoms with Gasteiger partial charge in [-0.2, -0.15) is 0 Å². The Morgan fingerprint density at radius 3 is 2.49 bits per heavy atom. The van der Waals surface area contributed by atoms with Crippen molar-refractivity contribution in [2.75, 3.05) is 40.4 Å². The SMILES string of the molecule is CCC(C)(C)n1nnnc1[C@H](c1cc2cc(OC)c(OC)cc2[nH]c1=O)N1CCN(C(=O)c2ccco2)CC1. The number of nitrogens with one attached hydrogen (secondary N) is 1. The summed E-state index contributed by atoms with van der Waals surface area (Å²) in [6, 6.07) is 8.26. The standard InChI is InChI=1S/C27H33N7O5/c1-6-27(2,3)34-24(29-30-31-34)23(32-9-11-33(12-10-32)26(36)20-8-7-13-39-20)18-14-17-15-21(37-4)22(38-5)16-19(17)28-25(18)35/h7-8,13-16,23H,6,9-12H2,1-5H3,(H,28,35)/t23-/m0/s1. The summed E-state index contributed by atoms with van der Waals surface area (Å²) < 4.78 is 18.0. The number of amides is 1. The van der Waals surface area contributed by atoms with Crippen molar-refractivity contribution in [1.29, 1.82) is 0 Å². The zero-order valence-electron chi connectivity index (χ0n) is 22.8. The first kappa shape index (κ1) is 26.4. The number of hydrogen-bond donors (Lipinski definition) is 1. The van der Waals surface area contributed by atoms with Gasteiger partial charge in [0.05, 0.1) is 31.5 Å². The molecule has 12 heteroatoms. The summed E-state index contributed by atoms with van der Waals surface area (Å²) in [6.45, 7) is 8.15. The Bertz CT molecular complexity index is 1520. The Kier molecular flexibility index (Phi) is 7.13. The van der Waals surface area contributed by atoms with Crippen LogP contribution < -0.4 is 15.0 Å². The summed E-state index contributed by atoms with van der Waals surface area (Å²) in [5.41, 5.74) is 0.498. The molecule has 1 aliphatic heterocycles. The number of aromatic nitrogens is 5. The molecule has 1 fully saturated rings. The Morgan fingerprint density at radius 2 is 1.85 bits per heavy atom. The van der Waals surface area contributed by atoms with Gasteiger partial charge in [0, 0.05) is 43.2 Å². The molecule has 0 bridgehead atoms. The van der Waals surface area contributed by atoms with Crippen molar-refractivity contribution in [3.8, 4) is 11.5 Å². The molecule has 5 rings (SSSR count). The zero-order valence-corrected chi connectivity index (χ0v) is 22.8. The lowest BCUT2D eigenvalue weighted by Crippen LogP contribution is -2.51. The van der Waals surface area contributed by atoms with Crippen molar-refractivity contribution >= 4 is 16.8 Å². The fourth-order valence-corrected chi connectivity index (χ4v) is 4.94. The molecule has 1 atom stereocenters. The van der Waals surface area contributed by atoms with E-state index in [0.29, 0.717) is 60.3 Å². The third kappa shape index (κ3) is 4.87. The number of piperazine rings is 1. The second-order valence-electron chi connectivity index (χ2n) is 10.2. The van der Waals surface area contributed by atoms with Gasteiger partial charge in [-0.25, -0.2) is 4.68 Å². The molecule has 1 aromatic carbocycles. The summed E-state index contributed by atoms with van der Waals surface area (Å²) in [6.07, 6.45) is 2.28. The highest BCUT2D eigenvalue weighted by Crippen LogP contribution is 2.34. The molecule has 3 aromatic heterocycles. The maximum atomic E-state index is 13.6.